The van der Waals surface area contributed by atoms with Gasteiger partial charge in [0, 0.05) is 42.8 Å². The number of hydrogen-bond acceptors (Lipinski definition) is 2. The molecule has 3 nitrogen and oxygen atoms in total. The molecule has 0 N–H and O–H groups in total. The Hall–Kier alpha value is -1.32. The maximum absolute atomic E-state index is 2.74. The van der Waals surface area contributed by atoms with Crippen LogP contribution < -0.4 is 0 Å². The van der Waals surface area contributed by atoms with Crippen molar-refractivity contribution in [3.63, 3.8) is 0 Å². The summed E-state index contributed by atoms with van der Waals surface area (Å²) in [5.41, 5.74) is 4.33. The Kier molecular flexibility index (Phi) is 4.16. The first-order valence-corrected chi connectivity index (χ1v) is 9.23. The maximum atomic E-state index is 2.74. The number of fused-ring (bicyclic) bond motifs is 1. The van der Waals surface area contributed by atoms with Gasteiger partial charge in [0.15, 0.2) is 0 Å². The van der Waals surface area contributed by atoms with Crippen LogP contribution in [0.2, 0.25) is 0 Å². The zero-order valence-electron chi connectivity index (χ0n) is 14.6. The fourth-order valence-electron chi connectivity index (χ4n) is 4.60. The number of benzene rings is 1. The highest BCUT2D eigenvalue weighted by molar-refractivity contribution is 5.85. The lowest BCUT2D eigenvalue weighted by atomic mass is 10.0. The molecule has 2 saturated heterocycles. The topological polar surface area (TPSA) is 11.4 Å². The van der Waals surface area contributed by atoms with Crippen LogP contribution in [0.25, 0.3) is 10.9 Å². The van der Waals surface area contributed by atoms with Crippen molar-refractivity contribution in [3.05, 3.63) is 35.5 Å². The highest BCUT2D eigenvalue weighted by Gasteiger charge is 2.27. The molecule has 1 aromatic heterocycles. The lowest BCUT2D eigenvalue weighted by Gasteiger charge is -2.37. The molecule has 0 spiro atoms. The summed E-state index contributed by atoms with van der Waals surface area (Å²) in [5.74, 6) is 0. The average molecular weight is 311 g/mol. The van der Waals surface area contributed by atoms with E-state index in [1.165, 1.54) is 74.0 Å². The Balaban J connectivity index is 1.54. The van der Waals surface area contributed by atoms with Gasteiger partial charge in [-0.3, -0.25) is 9.80 Å². The van der Waals surface area contributed by atoms with Crippen LogP contribution in [0, 0.1) is 6.92 Å². The first-order valence-electron chi connectivity index (χ1n) is 9.23. The third-order valence-corrected chi connectivity index (χ3v) is 6.05. The van der Waals surface area contributed by atoms with Crippen molar-refractivity contribution in [2.24, 2.45) is 7.05 Å². The highest BCUT2D eigenvalue weighted by atomic mass is 15.2. The Morgan fingerprint density at radius 1 is 1.04 bits per heavy atom. The van der Waals surface area contributed by atoms with Gasteiger partial charge in [-0.15, -0.1) is 0 Å². The number of hydrogen-bond donors (Lipinski definition) is 0. The van der Waals surface area contributed by atoms with E-state index >= 15 is 0 Å². The quantitative estimate of drug-likeness (QED) is 0.859. The highest BCUT2D eigenvalue weighted by Crippen LogP contribution is 2.28. The summed E-state index contributed by atoms with van der Waals surface area (Å²) in [4.78, 5) is 5.43. The third kappa shape index (κ3) is 2.81. The molecule has 2 aliphatic rings. The van der Waals surface area contributed by atoms with Gasteiger partial charge < -0.3 is 4.57 Å². The zero-order chi connectivity index (χ0) is 15.8. The van der Waals surface area contributed by atoms with Gasteiger partial charge in [-0.05, 0) is 63.9 Å². The molecular weight excluding hydrogens is 282 g/mol. The average Bonchev–Trinajstić information content (AvgIpc) is 3.20. The van der Waals surface area contributed by atoms with E-state index in [1.807, 2.05) is 0 Å². The van der Waals surface area contributed by atoms with E-state index in [-0.39, 0.29) is 0 Å². The van der Waals surface area contributed by atoms with Crippen LogP contribution in [0.15, 0.2) is 24.3 Å². The second-order valence-corrected chi connectivity index (χ2v) is 7.41. The predicted octanol–water partition coefficient (Wildman–Crippen LogP) is 3.55. The molecule has 4 rings (SSSR count). The second-order valence-electron chi connectivity index (χ2n) is 7.41. The SMILES string of the molecule is Cc1c(CN2CCCC(N3CCCC3)C2)c2ccccc2n1C. The fraction of sp³-hybridized carbons (Fsp3) is 0.600. The van der Waals surface area contributed by atoms with Crippen LogP contribution in [0.1, 0.15) is 36.9 Å². The first-order chi connectivity index (χ1) is 11.2. The second kappa shape index (κ2) is 6.29. The van der Waals surface area contributed by atoms with E-state index in [2.05, 4.69) is 52.6 Å². The van der Waals surface area contributed by atoms with Crippen molar-refractivity contribution in [2.75, 3.05) is 26.2 Å². The normalized spacial score (nSPS) is 23.8. The smallest absolute Gasteiger partial charge is 0.0483 e. The Morgan fingerprint density at radius 3 is 2.65 bits per heavy atom. The number of rotatable bonds is 3. The number of aromatic nitrogens is 1. The molecule has 23 heavy (non-hydrogen) atoms. The van der Waals surface area contributed by atoms with Gasteiger partial charge in [0.25, 0.3) is 0 Å². The summed E-state index contributed by atoms with van der Waals surface area (Å²) in [6, 6.07) is 9.65. The van der Waals surface area contributed by atoms with Crippen molar-refractivity contribution in [1.82, 2.24) is 14.4 Å². The molecular formula is C20H29N3. The number of piperidine rings is 1. The molecule has 1 unspecified atom stereocenters. The lowest BCUT2D eigenvalue weighted by molar-refractivity contribution is 0.111. The molecule has 0 aliphatic carbocycles. The summed E-state index contributed by atoms with van der Waals surface area (Å²) in [6.07, 6.45) is 5.55. The van der Waals surface area contributed by atoms with Crippen molar-refractivity contribution < 1.29 is 0 Å². The molecule has 0 bridgehead atoms. The van der Waals surface area contributed by atoms with Crippen molar-refractivity contribution in [3.8, 4) is 0 Å². The molecule has 2 aromatic rings. The van der Waals surface area contributed by atoms with Crippen molar-refractivity contribution in [1.29, 1.82) is 0 Å². The molecule has 3 heteroatoms. The number of aryl methyl sites for hydroxylation is 1. The zero-order valence-corrected chi connectivity index (χ0v) is 14.6. The monoisotopic (exact) mass is 311 g/mol. The Morgan fingerprint density at radius 2 is 1.83 bits per heavy atom. The lowest BCUT2D eigenvalue weighted by Crippen LogP contribution is -2.46. The van der Waals surface area contributed by atoms with E-state index in [9.17, 15) is 0 Å². The summed E-state index contributed by atoms with van der Waals surface area (Å²) in [7, 11) is 2.20. The summed E-state index contributed by atoms with van der Waals surface area (Å²) in [6.45, 7) is 8.54. The van der Waals surface area contributed by atoms with E-state index in [0.717, 1.165) is 12.6 Å². The molecule has 0 saturated carbocycles. The van der Waals surface area contributed by atoms with Crippen molar-refractivity contribution in [2.45, 2.75) is 45.2 Å². The number of nitrogens with zero attached hydrogens (tertiary/aromatic N) is 3. The molecule has 1 atom stereocenters. The maximum Gasteiger partial charge on any atom is 0.0483 e. The van der Waals surface area contributed by atoms with Gasteiger partial charge in [-0.2, -0.15) is 0 Å². The van der Waals surface area contributed by atoms with E-state index in [4.69, 9.17) is 0 Å². The van der Waals surface area contributed by atoms with Gasteiger partial charge in [0.2, 0.25) is 0 Å². The van der Waals surface area contributed by atoms with Crippen LogP contribution in [0.5, 0.6) is 0 Å². The van der Waals surface area contributed by atoms with E-state index in [1.54, 1.807) is 0 Å². The number of likely N-dealkylation sites (tertiary alicyclic amines) is 2. The molecule has 2 fully saturated rings. The largest absolute Gasteiger partial charge is 0.348 e. The minimum absolute atomic E-state index is 0.793. The van der Waals surface area contributed by atoms with Crippen molar-refractivity contribution >= 4 is 10.9 Å². The van der Waals surface area contributed by atoms with Crippen LogP contribution in [-0.4, -0.2) is 46.6 Å². The van der Waals surface area contributed by atoms with Crippen LogP contribution >= 0.6 is 0 Å². The van der Waals surface area contributed by atoms with Crippen LogP contribution in [-0.2, 0) is 13.6 Å². The molecule has 2 aliphatic heterocycles. The van der Waals surface area contributed by atoms with E-state index in [0.29, 0.717) is 0 Å². The number of para-hydroxylation sites is 1. The Labute approximate surface area is 139 Å². The summed E-state index contributed by atoms with van der Waals surface area (Å²) in [5, 5.41) is 1.44. The van der Waals surface area contributed by atoms with Gasteiger partial charge >= 0.3 is 0 Å². The van der Waals surface area contributed by atoms with Gasteiger partial charge in [-0.25, -0.2) is 0 Å². The minimum atomic E-state index is 0.793. The fourth-order valence-corrected chi connectivity index (χ4v) is 4.60. The minimum Gasteiger partial charge on any atom is -0.348 e. The molecule has 1 aromatic carbocycles. The van der Waals surface area contributed by atoms with Crippen LogP contribution in [0.3, 0.4) is 0 Å². The van der Waals surface area contributed by atoms with Crippen LogP contribution in [0.4, 0.5) is 0 Å². The molecule has 3 heterocycles. The predicted molar refractivity (Wildman–Crippen MR) is 96.8 cm³/mol. The van der Waals surface area contributed by atoms with Gasteiger partial charge in [0.05, 0.1) is 0 Å². The standard InChI is InChI=1S/C20H29N3/c1-16-19(18-9-3-4-10-20(18)21(16)2)15-22-11-7-8-17(14-22)23-12-5-6-13-23/h3-4,9-10,17H,5-8,11-15H2,1-2H3. The third-order valence-electron chi connectivity index (χ3n) is 6.05. The molecule has 0 amide bonds. The summed E-state index contributed by atoms with van der Waals surface area (Å²) < 4.78 is 2.35. The Bertz CT molecular complexity index is 681. The van der Waals surface area contributed by atoms with E-state index < -0.39 is 0 Å². The molecule has 0 radical (unpaired) electrons. The molecule has 124 valence electrons. The summed E-state index contributed by atoms with van der Waals surface area (Å²) >= 11 is 0. The first kappa shape index (κ1) is 15.2. The van der Waals surface area contributed by atoms with Gasteiger partial charge in [0.1, 0.15) is 0 Å². The van der Waals surface area contributed by atoms with Gasteiger partial charge in [-0.1, -0.05) is 18.2 Å².